The second-order valence-corrected chi connectivity index (χ2v) is 4.95. The Morgan fingerprint density at radius 2 is 1.95 bits per heavy atom. The Morgan fingerprint density at radius 1 is 1.23 bits per heavy atom. The lowest BCUT2D eigenvalue weighted by Crippen LogP contribution is -2.34. The summed E-state index contributed by atoms with van der Waals surface area (Å²) in [6.07, 6.45) is 0. The standard InChI is InChI=1S/C17H20N2O3/c1-12-8-9-16(22-2)14(10-12)18-17(21)19-15(11-20)13-6-4-3-5-7-13/h3-10,15,20H,11H2,1-2H3,(H2,18,19,21). The Hall–Kier alpha value is -2.53. The third kappa shape index (κ3) is 3.99. The first kappa shape index (κ1) is 15.9. The number of hydrogen-bond acceptors (Lipinski definition) is 3. The van der Waals surface area contributed by atoms with Crippen LogP contribution in [-0.4, -0.2) is 24.9 Å². The van der Waals surface area contributed by atoms with E-state index in [-0.39, 0.29) is 6.61 Å². The van der Waals surface area contributed by atoms with Gasteiger partial charge in [0.25, 0.3) is 0 Å². The Bertz CT molecular complexity index is 629. The van der Waals surface area contributed by atoms with E-state index in [2.05, 4.69) is 10.6 Å². The zero-order valence-corrected chi connectivity index (χ0v) is 12.7. The predicted octanol–water partition coefficient (Wildman–Crippen LogP) is 2.86. The summed E-state index contributed by atoms with van der Waals surface area (Å²) >= 11 is 0. The van der Waals surface area contributed by atoms with Crippen LogP contribution in [0, 0.1) is 6.92 Å². The minimum Gasteiger partial charge on any atom is -0.495 e. The summed E-state index contributed by atoms with van der Waals surface area (Å²) in [7, 11) is 1.55. The zero-order chi connectivity index (χ0) is 15.9. The number of aliphatic hydroxyl groups is 1. The number of benzene rings is 2. The van der Waals surface area contributed by atoms with Crippen LogP contribution in [0.4, 0.5) is 10.5 Å². The van der Waals surface area contributed by atoms with Crippen molar-refractivity contribution in [3.05, 3.63) is 59.7 Å². The van der Waals surface area contributed by atoms with E-state index in [0.29, 0.717) is 11.4 Å². The van der Waals surface area contributed by atoms with Crippen molar-refractivity contribution in [2.24, 2.45) is 0 Å². The molecule has 1 atom stereocenters. The monoisotopic (exact) mass is 300 g/mol. The molecule has 22 heavy (non-hydrogen) atoms. The summed E-state index contributed by atoms with van der Waals surface area (Å²) in [5, 5.41) is 15.0. The van der Waals surface area contributed by atoms with Crippen LogP contribution in [0.25, 0.3) is 0 Å². The van der Waals surface area contributed by atoms with Gasteiger partial charge in [-0.3, -0.25) is 0 Å². The van der Waals surface area contributed by atoms with Crippen LogP contribution in [0.5, 0.6) is 5.75 Å². The average molecular weight is 300 g/mol. The summed E-state index contributed by atoms with van der Waals surface area (Å²) < 4.78 is 5.23. The van der Waals surface area contributed by atoms with Gasteiger partial charge in [-0.05, 0) is 30.2 Å². The number of carbonyl (C=O) groups is 1. The molecule has 2 amide bonds. The topological polar surface area (TPSA) is 70.6 Å². The maximum atomic E-state index is 12.1. The first-order valence-electron chi connectivity index (χ1n) is 7.02. The first-order chi connectivity index (χ1) is 10.6. The quantitative estimate of drug-likeness (QED) is 0.795. The highest BCUT2D eigenvalue weighted by molar-refractivity contribution is 5.91. The van der Waals surface area contributed by atoms with Crippen LogP contribution in [0.3, 0.4) is 0 Å². The second kappa shape index (κ2) is 7.47. The van der Waals surface area contributed by atoms with Crippen molar-refractivity contribution >= 4 is 11.7 Å². The molecule has 0 aliphatic heterocycles. The normalized spacial score (nSPS) is 11.6. The van der Waals surface area contributed by atoms with E-state index in [1.165, 1.54) is 0 Å². The third-order valence-corrected chi connectivity index (χ3v) is 3.29. The van der Waals surface area contributed by atoms with E-state index in [0.717, 1.165) is 11.1 Å². The lowest BCUT2D eigenvalue weighted by atomic mass is 10.1. The fraction of sp³-hybridized carbons (Fsp3) is 0.235. The molecule has 2 rings (SSSR count). The SMILES string of the molecule is COc1ccc(C)cc1NC(=O)NC(CO)c1ccccc1. The minimum absolute atomic E-state index is 0.178. The molecule has 0 saturated heterocycles. The number of anilines is 1. The molecule has 1 unspecified atom stereocenters. The van der Waals surface area contributed by atoms with E-state index in [1.807, 2.05) is 49.4 Å². The zero-order valence-electron chi connectivity index (χ0n) is 12.7. The van der Waals surface area contributed by atoms with Gasteiger partial charge in [0.05, 0.1) is 25.4 Å². The third-order valence-electron chi connectivity index (χ3n) is 3.29. The van der Waals surface area contributed by atoms with Gasteiger partial charge >= 0.3 is 6.03 Å². The van der Waals surface area contributed by atoms with Crippen molar-refractivity contribution in [2.75, 3.05) is 19.0 Å². The molecular formula is C17H20N2O3. The summed E-state index contributed by atoms with van der Waals surface area (Å²) in [5.74, 6) is 0.584. The number of hydrogen-bond donors (Lipinski definition) is 3. The molecule has 5 nitrogen and oxygen atoms in total. The molecule has 0 aliphatic carbocycles. The van der Waals surface area contributed by atoms with Crippen molar-refractivity contribution in [3.8, 4) is 5.75 Å². The number of amides is 2. The van der Waals surface area contributed by atoms with E-state index >= 15 is 0 Å². The molecule has 0 radical (unpaired) electrons. The van der Waals surface area contributed by atoms with Crippen molar-refractivity contribution in [1.29, 1.82) is 0 Å². The molecule has 0 fully saturated rings. The predicted molar refractivity (Wildman–Crippen MR) is 86.2 cm³/mol. The summed E-state index contributed by atoms with van der Waals surface area (Å²) in [5.41, 5.74) is 2.44. The van der Waals surface area contributed by atoms with Crippen LogP contribution in [-0.2, 0) is 0 Å². The highest BCUT2D eigenvalue weighted by Gasteiger charge is 2.14. The second-order valence-electron chi connectivity index (χ2n) is 4.95. The van der Waals surface area contributed by atoms with Gasteiger partial charge in [0.15, 0.2) is 0 Å². The van der Waals surface area contributed by atoms with E-state index < -0.39 is 12.1 Å². The first-order valence-corrected chi connectivity index (χ1v) is 7.02. The summed E-state index contributed by atoms with van der Waals surface area (Å²) in [6.45, 7) is 1.76. The highest BCUT2D eigenvalue weighted by atomic mass is 16.5. The van der Waals surface area contributed by atoms with Crippen LogP contribution >= 0.6 is 0 Å². The molecule has 0 spiro atoms. The molecule has 0 bridgehead atoms. The lowest BCUT2D eigenvalue weighted by molar-refractivity contribution is 0.225. The van der Waals surface area contributed by atoms with Crippen molar-refractivity contribution < 1.29 is 14.6 Å². The largest absolute Gasteiger partial charge is 0.495 e. The molecule has 2 aromatic rings. The maximum absolute atomic E-state index is 12.1. The Balaban J connectivity index is 2.08. The summed E-state index contributed by atoms with van der Waals surface area (Å²) in [6, 6.07) is 14.0. The Morgan fingerprint density at radius 3 is 2.59 bits per heavy atom. The number of aryl methyl sites for hydroxylation is 1. The number of aliphatic hydroxyl groups excluding tert-OH is 1. The van der Waals surface area contributed by atoms with Gasteiger partial charge in [-0.2, -0.15) is 0 Å². The number of carbonyl (C=O) groups excluding carboxylic acids is 1. The Labute approximate surface area is 129 Å². The maximum Gasteiger partial charge on any atom is 0.319 e. The molecule has 0 aliphatic rings. The van der Waals surface area contributed by atoms with Crippen molar-refractivity contribution in [3.63, 3.8) is 0 Å². The van der Waals surface area contributed by atoms with E-state index in [1.54, 1.807) is 13.2 Å². The molecule has 2 aromatic carbocycles. The molecule has 0 heterocycles. The van der Waals surface area contributed by atoms with Crippen LogP contribution in [0.2, 0.25) is 0 Å². The Kier molecular flexibility index (Phi) is 5.38. The van der Waals surface area contributed by atoms with Crippen LogP contribution in [0.1, 0.15) is 17.2 Å². The number of methoxy groups -OCH3 is 1. The van der Waals surface area contributed by atoms with Crippen molar-refractivity contribution in [1.82, 2.24) is 5.32 Å². The number of rotatable bonds is 5. The van der Waals surface area contributed by atoms with Gasteiger partial charge in [-0.25, -0.2) is 4.79 Å². The van der Waals surface area contributed by atoms with Gasteiger partial charge in [0.1, 0.15) is 5.75 Å². The smallest absolute Gasteiger partial charge is 0.319 e. The van der Waals surface area contributed by atoms with Crippen LogP contribution < -0.4 is 15.4 Å². The number of nitrogens with one attached hydrogen (secondary N) is 2. The van der Waals surface area contributed by atoms with Crippen LogP contribution in [0.15, 0.2) is 48.5 Å². The molecule has 0 saturated carbocycles. The minimum atomic E-state index is -0.461. The van der Waals surface area contributed by atoms with Gasteiger partial charge in [0, 0.05) is 0 Å². The average Bonchev–Trinajstić information content (AvgIpc) is 2.53. The van der Waals surface area contributed by atoms with Gasteiger partial charge in [-0.15, -0.1) is 0 Å². The highest BCUT2D eigenvalue weighted by Crippen LogP contribution is 2.25. The van der Waals surface area contributed by atoms with Gasteiger partial charge in [0.2, 0.25) is 0 Å². The van der Waals surface area contributed by atoms with Gasteiger partial charge < -0.3 is 20.5 Å². The number of urea groups is 1. The van der Waals surface area contributed by atoms with Gasteiger partial charge in [-0.1, -0.05) is 36.4 Å². The number of ether oxygens (including phenoxy) is 1. The van der Waals surface area contributed by atoms with E-state index in [9.17, 15) is 9.90 Å². The molecule has 0 aromatic heterocycles. The fourth-order valence-corrected chi connectivity index (χ4v) is 2.16. The summed E-state index contributed by atoms with van der Waals surface area (Å²) in [4.78, 5) is 12.1. The lowest BCUT2D eigenvalue weighted by Gasteiger charge is -2.18. The fourth-order valence-electron chi connectivity index (χ4n) is 2.16. The molecule has 3 N–H and O–H groups in total. The molecule has 5 heteroatoms. The molecule has 116 valence electrons. The molecular weight excluding hydrogens is 280 g/mol. The van der Waals surface area contributed by atoms with Crippen molar-refractivity contribution in [2.45, 2.75) is 13.0 Å². The van der Waals surface area contributed by atoms with E-state index in [4.69, 9.17) is 4.74 Å².